The van der Waals surface area contributed by atoms with E-state index in [-0.39, 0.29) is 5.91 Å². The number of aromatic hydroxyl groups is 1. The third kappa shape index (κ3) is 3.28. The molecule has 3 rings (SSSR count). The van der Waals surface area contributed by atoms with Crippen molar-refractivity contribution >= 4 is 28.3 Å². The number of phenols is 1. The molecule has 1 aliphatic heterocycles. The number of carbonyl (C=O) groups is 2. The number of hydrogen-bond acceptors (Lipinski definition) is 4. The maximum absolute atomic E-state index is 10.4. The van der Waals surface area contributed by atoms with E-state index in [2.05, 4.69) is 5.32 Å². The highest BCUT2D eigenvalue weighted by Gasteiger charge is 2.26. The zero-order valence-corrected chi connectivity index (χ0v) is 12.2. The van der Waals surface area contributed by atoms with Crippen LogP contribution in [0.25, 0.3) is 10.8 Å². The van der Waals surface area contributed by atoms with Crippen LogP contribution in [0.4, 0.5) is 5.69 Å². The minimum absolute atomic E-state index is 0.164. The molecule has 0 radical (unpaired) electrons. The minimum atomic E-state index is -0.944. The summed E-state index contributed by atoms with van der Waals surface area (Å²) in [7, 11) is 0. The topological polar surface area (TPSA) is 113 Å². The molecule has 0 unspecified atom stereocenters. The quantitative estimate of drug-likeness (QED) is 0.474. The van der Waals surface area contributed by atoms with Crippen molar-refractivity contribution in [2.75, 3.05) is 5.73 Å². The zero-order valence-electron chi connectivity index (χ0n) is 12.2. The smallest absolute Gasteiger partial charge is 0.326 e. The fourth-order valence-electron chi connectivity index (χ4n) is 2.33. The summed E-state index contributed by atoms with van der Waals surface area (Å²) in [6.45, 7) is 1.85. The number of hydrogen-bond donors (Lipinski definition) is 4. The standard InChI is InChI=1S/C11H11NO.C5H7NO3/c1-7-6-10(12)8-4-2-3-5-9(8)11(7)13;7-4-2-1-3(6-4)5(8)9/h2-6,13H,12H2,1H3;3H,1-2H2,(H,6,7)(H,8,9)/t;3-/m.0/s1. The molecule has 6 nitrogen and oxygen atoms in total. The second-order valence-electron chi connectivity index (χ2n) is 5.17. The summed E-state index contributed by atoms with van der Waals surface area (Å²) in [4.78, 5) is 20.5. The number of fused-ring (bicyclic) bond motifs is 1. The van der Waals surface area contributed by atoms with Gasteiger partial charge in [0.15, 0.2) is 0 Å². The van der Waals surface area contributed by atoms with E-state index in [1.54, 1.807) is 6.07 Å². The van der Waals surface area contributed by atoms with Crippen LogP contribution in [0, 0.1) is 6.92 Å². The fraction of sp³-hybridized carbons (Fsp3) is 0.250. The number of carbonyl (C=O) groups excluding carboxylic acids is 1. The number of aliphatic carboxylic acids is 1. The van der Waals surface area contributed by atoms with Crippen molar-refractivity contribution in [3.8, 4) is 5.75 Å². The molecular formula is C16H18N2O4. The maximum atomic E-state index is 10.4. The summed E-state index contributed by atoms with van der Waals surface area (Å²) in [6, 6.07) is 8.72. The van der Waals surface area contributed by atoms with Crippen molar-refractivity contribution in [2.45, 2.75) is 25.8 Å². The van der Waals surface area contributed by atoms with Crippen LogP contribution in [0.3, 0.4) is 0 Å². The lowest BCUT2D eigenvalue weighted by Crippen LogP contribution is -2.32. The molecule has 1 heterocycles. The van der Waals surface area contributed by atoms with Gasteiger partial charge < -0.3 is 21.3 Å². The summed E-state index contributed by atoms with van der Waals surface area (Å²) in [5.41, 5.74) is 7.34. The van der Waals surface area contributed by atoms with Crippen molar-refractivity contribution in [1.29, 1.82) is 0 Å². The largest absolute Gasteiger partial charge is 0.507 e. The Labute approximate surface area is 127 Å². The van der Waals surface area contributed by atoms with Gasteiger partial charge in [0.2, 0.25) is 5.91 Å². The number of carboxylic acid groups (broad SMARTS) is 1. The molecule has 1 amide bonds. The monoisotopic (exact) mass is 302 g/mol. The number of anilines is 1. The van der Waals surface area contributed by atoms with E-state index in [1.165, 1.54) is 0 Å². The summed E-state index contributed by atoms with van der Waals surface area (Å²) < 4.78 is 0. The van der Waals surface area contributed by atoms with E-state index >= 15 is 0 Å². The number of aryl methyl sites for hydroxylation is 1. The van der Waals surface area contributed by atoms with Gasteiger partial charge in [0, 0.05) is 22.9 Å². The van der Waals surface area contributed by atoms with Crippen LogP contribution in [-0.4, -0.2) is 28.1 Å². The van der Waals surface area contributed by atoms with Gasteiger partial charge in [0.25, 0.3) is 0 Å². The Bertz CT molecular complexity index is 727. The summed E-state index contributed by atoms with van der Waals surface area (Å²) >= 11 is 0. The van der Waals surface area contributed by atoms with Crippen LogP contribution < -0.4 is 11.1 Å². The lowest BCUT2D eigenvalue weighted by molar-refractivity contribution is -0.140. The molecule has 22 heavy (non-hydrogen) atoms. The van der Waals surface area contributed by atoms with Crippen LogP contribution in [0.1, 0.15) is 18.4 Å². The molecule has 116 valence electrons. The molecular weight excluding hydrogens is 284 g/mol. The molecule has 0 aliphatic carbocycles. The first-order valence-corrected chi connectivity index (χ1v) is 6.89. The maximum Gasteiger partial charge on any atom is 0.326 e. The molecule has 2 aromatic carbocycles. The van der Waals surface area contributed by atoms with E-state index in [0.29, 0.717) is 24.3 Å². The van der Waals surface area contributed by atoms with E-state index in [9.17, 15) is 14.7 Å². The lowest BCUT2D eigenvalue weighted by atomic mass is 10.0. The molecule has 1 fully saturated rings. The number of rotatable bonds is 1. The van der Waals surface area contributed by atoms with Crippen LogP contribution in [-0.2, 0) is 9.59 Å². The first-order valence-electron chi connectivity index (χ1n) is 6.89. The molecule has 0 bridgehead atoms. The van der Waals surface area contributed by atoms with Crippen molar-refractivity contribution in [3.05, 3.63) is 35.9 Å². The normalized spacial score (nSPS) is 16.8. The number of nitrogens with two attached hydrogens (primary N) is 1. The van der Waals surface area contributed by atoms with Crippen LogP contribution >= 0.6 is 0 Å². The second kappa shape index (κ2) is 6.34. The van der Waals surface area contributed by atoms with E-state index in [4.69, 9.17) is 10.8 Å². The van der Waals surface area contributed by atoms with Crippen molar-refractivity contribution in [3.63, 3.8) is 0 Å². The summed E-state index contributed by atoms with van der Waals surface area (Å²) in [5, 5.41) is 22.1. The third-order valence-electron chi connectivity index (χ3n) is 3.53. The Morgan fingerprint density at radius 1 is 1.32 bits per heavy atom. The zero-order chi connectivity index (χ0) is 16.3. The van der Waals surface area contributed by atoms with E-state index in [1.807, 2.05) is 31.2 Å². The van der Waals surface area contributed by atoms with E-state index in [0.717, 1.165) is 16.3 Å². The highest BCUT2D eigenvalue weighted by Crippen LogP contribution is 2.32. The Hall–Kier alpha value is -2.76. The lowest BCUT2D eigenvalue weighted by Gasteiger charge is -2.06. The highest BCUT2D eigenvalue weighted by molar-refractivity contribution is 5.97. The SMILES string of the molecule is Cc1cc(N)c2ccccc2c1O.O=C1CC[C@@H](C(=O)O)N1. The number of phenolic OH excluding ortho intramolecular Hbond substituents is 1. The Morgan fingerprint density at radius 3 is 2.45 bits per heavy atom. The van der Waals surface area contributed by atoms with Crippen LogP contribution in [0.2, 0.25) is 0 Å². The first kappa shape index (κ1) is 15.6. The van der Waals surface area contributed by atoms with E-state index < -0.39 is 12.0 Å². The number of nitrogens with one attached hydrogen (secondary N) is 1. The Balaban J connectivity index is 0.000000172. The first-order chi connectivity index (χ1) is 10.4. The van der Waals surface area contributed by atoms with Crippen LogP contribution in [0.15, 0.2) is 30.3 Å². The highest BCUT2D eigenvalue weighted by atomic mass is 16.4. The van der Waals surface area contributed by atoms with Crippen molar-refractivity contribution in [2.24, 2.45) is 0 Å². The molecule has 1 aliphatic rings. The molecule has 0 saturated carbocycles. The third-order valence-corrected chi connectivity index (χ3v) is 3.53. The van der Waals surface area contributed by atoms with Gasteiger partial charge in [-0.2, -0.15) is 0 Å². The van der Waals surface area contributed by atoms with Gasteiger partial charge in [0.1, 0.15) is 11.8 Å². The summed E-state index contributed by atoms with van der Waals surface area (Å²) in [6.07, 6.45) is 0.769. The molecule has 1 atom stereocenters. The van der Waals surface area contributed by atoms with Gasteiger partial charge >= 0.3 is 5.97 Å². The Morgan fingerprint density at radius 2 is 1.95 bits per heavy atom. The molecule has 0 aromatic heterocycles. The van der Waals surface area contributed by atoms with Gasteiger partial charge in [-0.05, 0) is 25.0 Å². The van der Waals surface area contributed by atoms with Gasteiger partial charge in [-0.3, -0.25) is 4.79 Å². The molecule has 0 spiro atoms. The van der Waals surface area contributed by atoms with Gasteiger partial charge in [-0.15, -0.1) is 0 Å². The number of amides is 1. The number of carboxylic acids is 1. The number of nitrogen functional groups attached to an aromatic ring is 1. The van der Waals surface area contributed by atoms with Gasteiger partial charge in [-0.25, -0.2) is 4.79 Å². The molecule has 1 saturated heterocycles. The number of benzene rings is 2. The predicted octanol–water partition coefficient (Wildman–Crippen LogP) is 1.79. The molecule has 2 aromatic rings. The summed E-state index contributed by atoms with van der Waals surface area (Å²) in [5.74, 6) is -0.784. The van der Waals surface area contributed by atoms with Crippen molar-refractivity contribution in [1.82, 2.24) is 5.32 Å². The molecule has 5 N–H and O–H groups in total. The molecule has 6 heteroatoms. The van der Waals surface area contributed by atoms with Gasteiger partial charge in [-0.1, -0.05) is 24.3 Å². The van der Waals surface area contributed by atoms with Crippen LogP contribution in [0.5, 0.6) is 5.75 Å². The van der Waals surface area contributed by atoms with Crippen molar-refractivity contribution < 1.29 is 19.8 Å². The average Bonchev–Trinajstić information content (AvgIpc) is 2.93. The Kier molecular flexibility index (Phi) is 4.50. The minimum Gasteiger partial charge on any atom is -0.507 e. The average molecular weight is 302 g/mol. The predicted molar refractivity (Wildman–Crippen MR) is 83.6 cm³/mol. The fourth-order valence-corrected chi connectivity index (χ4v) is 2.33. The van der Waals surface area contributed by atoms with Gasteiger partial charge in [0.05, 0.1) is 0 Å². The second-order valence-corrected chi connectivity index (χ2v) is 5.17.